The second-order valence-corrected chi connectivity index (χ2v) is 6.35. The third kappa shape index (κ3) is 4.20. The van der Waals surface area contributed by atoms with Gasteiger partial charge in [0.2, 0.25) is 0 Å². The maximum absolute atomic E-state index is 6.35. The van der Waals surface area contributed by atoms with Gasteiger partial charge in [0.1, 0.15) is 0 Å². The van der Waals surface area contributed by atoms with E-state index in [1.165, 1.54) is 0 Å². The van der Waals surface area contributed by atoms with Gasteiger partial charge in [0.25, 0.3) is 0 Å². The Kier molecular flexibility index (Phi) is 7.52. The van der Waals surface area contributed by atoms with Crippen molar-refractivity contribution in [1.82, 2.24) is 5.32 Å². The van der Waals surface area contributed by atoms with E-state index in [1.54, 1.807) is 7.11 Å². The molecule has 0 saturated heterocycles. The molecular weight excluding hydrogens is 338 g/mol. The molecule has 0 spiro atoms. The second-order valence-electron chi connectivity index (χ2n) is 5.03. The monoisotopic (exact) mass is 361 g/mol. The first-order valence-electron chi connectivity index (χ1n) is 7.25. The summed E-state index contributed by atoms with van der Waals surface area (Å²) in [7, 11) is 1.81. The van der Waals surface area contributed by atoms with Crippen LogP contribution in [0.3, 0.4) is 0 Å². The van der Waals surface area contributed by atoms with Gasteiger partial charge in [-0.05, 0) is 43.5 Å². The summed E-state index contributed by atoms with van der Waals surface area (Å²) >= 11 is 9.80. The number of hydrogen-bond acceptors (Lipinski definition) is 2. The molecule has 1 rings (SSSR count). The number of hydrogen-bond donors (Lipinski definition) is 1. The lowest BCUT2D eigenvalue weighted by Gasteiger charge is -2.39. The molecule has 1 aromatic carbocycles. The minimum absolute atomic E-state index is 0.146. The van der Waals surface area contributed by atoms with Crippen LogP contribution >= 0.6 is 27.5 Å². The first kappa shape index (κ1) is 18.0. The van der Waals surface area contributed by atoms with E-state index in [1.807, 2.05) is 12.1 Å². The van der Waals surface area contributed by atoms with Gasteiger partial charge in [0, 0.05) is 22.6 Å². The van der Waals surface area contributed by atoms with Crippen molar-refractivity contribution in [3.63, 3.8) is 0 Å². The topological polar surface area (TPSA) is 21.3 Å². The Bertz CT molecular complexity index is 413. The molecule has 0 saturated carbocycles. The van der Waals surface area contributed by atoms with Crippen LogP contribution in [0.25, 0.3) is 0 Å². The molecule has 0 fully saturated rings. The fourth-order valence-electron chi connectivity index (χ4n) is 2.77. The van der Waals surface area contributed by atoms with Crippen LogP contribution in [0.4, 0.5) is 0 Å². The summed E-state index contributed by atoms with van der Waals surface area (Å²) in [6, 6.07) is 6.33. The van der Waals surface area contributed by atoms with E-state index < -0.39 is 0 Å². The molecule has 1 aromatic rings. The van der Waals surface area contributed by atoms with Crippen LogP contribution in [0, 0.1) is 0 Å². The van der Waals surface area contributed by atoms with Crippen molar-refractivity contribution in [2.75, 3.05) is 13.7 Å². The molecule has 4 heteroatoms. The van der Waals surface area contributed by atoms with Gasteiger partial charge in [0.15, 0.2) is 0 Å². The Hall–Kier alpha value is -0.0900. The zero-order chi connectivity index (χ0) is 15.2. The molecule has 0 radical (unpaired) electrons. The maximum atomic E-state index is 6.35. The molecule has 0 aliphatic carbocycles. The third-order valence-electron chi connectivity index (χ3n) is 4.13. The van der Waals surface area contributed by atoms with Crippen LogP contribution in [0.2, 0.25) is 5.02 Å². The van der Waals surface area contributed by atoms with E-state index in [4.69, 9.17) is 16.3 Å². The molecule has 0 amide bonds. The number of halogens is 2. The highest BCUT2D eigenvalue weighted by atomic mass is 79.9. The van der Waals surface area contributed by atoms with Gasteiger partial charge in [-0.1, -0.05) is 54.4 Å². The van der Waals surface area contributed by atoms with E-state index in [2.05, 4.69) is 48.1 Å². The molecular formula is C16H25BrClNO. The Morgan fingerprint density at radius 1 is 1.30 bits per heavy atom. The summed E-state index contributed by atoms with van der Waals surface area (Å²) in [5, 5.41) is 4.38. The zero-order valence-corrected chi connectivity index (χ0v) is 15.1. The molecule has 0 bridgehead atoms. The summed E-state index contributed by atoms with van der Waals surface area (Å²) in [5.74, 6) is 0. The fourth-order valence-corrected chi connectivity index (χ4v) is 3.52. The van der Waals surface area contributed by atoms with Crippen molar-refractivity contribution in [2.45, 2.75) is 51.7 Å². The number of benzene rings is 1. The lowest BCUT2D eigenvalue weighted by atomic mass is 9.84. The van der Waals surface area contributed by atoms with Crippen LogP contribution in [-0.2, 0) is 11.2 Å². The fraction of sp³-hybridized carbons (Fsp3) is 0.625. The van der Waals surface area contributed by atoms with E-state index >= 15 is 0 Å². The second kappa shape index (κ2) is 8.38. The molecule has 0 heterocycles. The van der Waals surface area contributed by atoms with Crippen LogP contribution in [0.5, 0.6) is 0 Å². The molecule has 114 valence electrons. The van der Waals surface area contributed by atoms with Crippen molar-refractivity contribution >= 4 is 27.5 Å². The number of ether oxygens (including phenoxy) is 1. The average Bonchev–Trinajstić information content (AvgIpc) is 2.44. The van der Waals surface area contributed by atoms with Gasteiger partial charge in [-0.3, -0.25) is 0 Å². The third-order valence-corrected chi connectivity index (χ3v) is 4.97. The first-order chi connectivity index (χ1) is 9.52. The molecule has 0 aliphatic rings. The highest BCUT2D eigenvalue weighted by Crippen LogP contribution is 2.29. The normalized spacial score (nSPS) is 13.5. The predicted octanol–water partition coefficient (Wildman–Crippen LogP) is 4.83. The molecule has 20 heavy (non-hydrogen) atoms. The van der Waals surface area contributed by atoms with Gasteiger partial charge in [-0.25, -0.2) is 0 Å². The molecule has 2 nitrogen and oxygen atoms in total. The number of likely N-dealkylation sites (N-methyl/N-ethyl adjacent to an activating group) is 1. The van der Waals surface area contributed by atoms with Crippen LogP contribution in [0.1, 0.15) is 39.2 Å². The maximum Gasteiger partial charge on any atom is 0.0828 e. The van der Waals surface area contributed by atoms with Crippen LogP contribution < -0.4 is 5.32 Å². The smallest absolute Gasteiger partial charge is 0.0828 e. The van der Waals surface area contributed by atoms with Crippen molar-refractivity contribution < 1.29 is 4.74 Å². The van der Waals surface area contributed by atoms with E-state index in [0.717, 1.165) is 40.9 Å². The minimum Gasteiger partial charge on any atom is -0.377 e. The summed E-state index contributed by atoms with van der Waals surface area (Å²) in [5.41, 5.74) is 1.01. The summed E-state index contributed by atoms with van der Waals surface area (Å²) in [6.07, 6.45) is 2.83. The molecule has 0 aliphatic heterocycles. The number of methoxy groups -OCH3 is 1. The minimum atomic E-state index is -0.146. The van der Waals surface area contributed by atoms with Crippen molar-refractivity contribution in [2.24, 2.45) is 0 Å². The first-order valence-corrected chi connectivity index (χ1v) is 8.42. The Morgan fingerprint density at radius 3 is 2.40 bits per heavy atom. The van der Waals surface area contributed by atoms with Gasteiger partial charge in [-0.2, -0.15) is 0 Å². The molecule has 1 unspecified atom stereocenters. The SMILES string of the molecule is CCNC(Cc1ccc(Br)cc1Cl)C(CC)(CC)OC. The van der Waals surface area contributed by atoms with Gasteiger partial charge in [0.05, 0.1) is 5.60 Å². The summed E-state index contributed by atoms with van der Waals surface area (Å²) in [4.78, 5) is 0. The van der Waals surface area contributed by atoms with Crippen LogP contribution in [-0.4, -0.2) is 25.3 Å². The summed E-state index contributed by atoms with van der Waals surface area (Å²) in [6.45, 7) is 7.41. The number of nitrogens with one attached hydrogen (secondary N) is 1. The highest BCUT2D eigenvalue weighted by Gasteiger charge is 2.35. The summed E-state index contributed by atoms with van der Waals surface area (Å²) < 4.78 is 6.88. The Balaban J connectivity index is 3.02. The van der Waals surface area contributed by atoms with Gasteiger partial charge >= 0.3 is 0 Å². The zero-order valence-electron chi connectivity index (χ0n) is 12.8. The Morgan fingerprint density at radius 2 is 1.95 bits per heavy atom. The Labute approximate surface area is 136 Å². The lowest BCUT2D eigenvalue weighted by molar-refractivity contribution is -0.0468. The van der Waals surface area contributed by atoms with E-state index in [0.29, 0.717) is 0 Å². The van der Waals surface area contributed by atoms with E-state index in [9.17, 15) is 0 Å². The molecule has 0 aromatic heterocycles. The number of rotatable bonds is 8. The largest absolute Gasteiger partial charge is 0.377 e. The average molecular weight is 363 g/mol. The standard InChI is InChI=1S/C16H25BrClNO/c1-5-16(6-2,20-4)15(19-7-3)10-12-8-9-13(17)11-14(12)18/h8-9,11,15,19H,5-7,10H2,1-4H3. The van der Waals surface area contributed by atoms with Crippen molar-refractivity contribution in [1.29, 1.82) is 0 Å². The van der Waals surface area contributed by atoms with Crippen molar-refractivity contribution in [3.8, 4) is 0 Å². The van der Waals surface area contributed by atoms with Gasteiger partial charge in [-0.15, -0.1) is 0 Å². The predicted molar refractivity (Wildman–Crippen MR) is 90.6 cm³/mol. The molecule has 1 N–H and O–H groups in total. The highest BCUT2D eigenvalue weighted by molar-refractivity contribution is 9.10. The van der Waals surface area contributed by atoms with Gasteiger partial charge < -0.3 is 10.1 Å². The lowest BCUT2D eigenvalue weighted by Crippen LogP contribution is -2.52. The molecule has 1 atom stereocenters. The van der Waals surface area contributed by atoms with E-state index in [-0.39, 0.29) is 11.6 Å². The van der Waals surface area contributed by atoms with Crippen molar-refractivity contribution in [3.05, 3.63) is 33.3 Å². The van der Waals surface area contributed by atoms with Crippen LogP contribution in [0.15, 0.2) is 22.7 Å². The quantitative estimate of drug-likeness (QED) is 0.715.